The van der Waals surface area contributed by atoms with Crippen LogP contribution in [0.15, 0.2) is 0 Å². The first kappa shape index (κ1) is 33.9. The van der Waals surface area contributed by atoms with E-state index in [9.17, 15) is 61.9 Å². The van der Waals surface area contributed by atoms with Crippen molar-refractivity contribution in [2.45, 2.75) is 37.8 Å². The molecule has 37 heavy (non-hydrogen) atoms. The maximum absolute atomic E-state index is 11.8. The molecule has 28 heteroatoms. The molecule has 0 amide bonds. The molecule has 0 aromatic rings. The molecule has 0 spiro atoms. The minimum Gasteiger partial charge on any atom is -0.390 e. The summed E-state index contributed by atoms with van der Waals surface area (Å²) in [4.78, 5) is 56.5. The maximum atomic E-state index is 11.8. The van der Waals surface area contributed by atoms with Gasteiger partial charge in [-0.1, -0.05) is 0 Å². The molecule has 22 nitrogen and oxygen atoms in total. The molecular weight excluding hydrogens is 644 g/mol. The zero-order valence-electron chi connectivity index (χ0n) is 18.2. The van der Waals surface area contributed by atoms with Crippen LogP contribution < -0.4 is 5.32 Å². The Bertz CT molecular complexity index is 1110. The van der Waals surface area contributed by atoms with Crippen molar-refractivity contribution in [2.75, 3.05) is 19.7 Å². The zero-order chi connectivity index (χ0) is 28.5. The number of ether oxygens (including phenoxy) is 1. The molecule has 2 heterocycles. The Labute approximate surface area is 207 Å². The van der Waals surface area contributed by atoms with Crippen molar-refractivity contribution >= 4 is 46.9 Å². The molecular formula is C9H23NO21P6. The number of hydrogen-bond acceptors (Lipinski definition) is 16. The molecule has 2 fully saturated rings. The summed E-state index contributed by atoms with van der Waals surface area (Å²) in [6.45, 7) is 0.790. The van der Waals surface area contributed by atoms with E-state index in [1.165, 1.54) is 0 Å². The highest BCUT2D eigenvalue weighted by Gasteiger charge is 2.50. The first-order valence-corrected chi connectivity index (χ1v) is 18.4. The standard InChI is InChI=1S/C9H23NO21P6/c1-6-2-8(11)9(25-6)5-24-32(12,13)27-34(16,17)29-36(20,21)31-37(22,23)30-35(18,19)28-33(14,15)26-7-3-10-4-7/h6-11H,2-5H2,1H3,(H,12,13)(H,14,15)(H,16,17)(H,18,19)(H,20,21)(H,22,23)/t6-,8?,9+/m0/s1. The number of aliphatic hydroxyl groups is 1. The highest BCUT2D eigenvalue weighted by molar-refractivity contribution is 7.72. The Morgan fingerprint density at radius 3 is 1.49 bits per heavy atom. The first-order chi connectivity index (χ1) is 16.5. The summed E-state index contributed by atoms with van der Waals surface area (Å²) in [5.74, 6) is 0. The normalized spacial score (nSPS) is 32.6. The Morgan fingerprint density at radius 2 is 1.14 bits per heavy atom. The Hall–Kier alpha value is 0.740. The maximum Gasteiger partial charge on any atom is 0.490 e. The SMILES string of the molecule is C[C@H]1CC(O)[C@@H](COP(=O)(O)OP(=O)(O)OP(=O)(O)OP(=O)(O)OP(=O)(O)OP(=O)(O)OC2CNC2)O1. The molecule has 2 saturated heterocycles. The molecule has 9 atom stereocenters. The Balaban J connectivity index is 1.94. The average molecular weight is 667 g/mol. The lowest BCUT2D eigenvalue weighted by Crippen LogP contribution is -2.47. The third-order valence-electron chi connectivity index (χ3n) is 3.87. The van der Waals surface area contributed by atoms with E-state index in [-0.39, 0.29) is 19.5 Å². The summed E-state index contributed by atoms with van der Waals surface area (Å²) in [5, 5.41) is 12.3. The number of aliphatic hydroxyl groups excluding tert-OH is 1. The molecule has 0 bridgehead atoms. The van der Waals surface area contributed by atoms with Crippen LogP contribution in [0.5, 0.6) is 0 Å². The van der Waals surface area contributed by atoms with E-state index in [1.54, 1.807) is 6.92 Å². The van der Waals surface area contributed by atoms with E-state index < -0.39 is 78.0 Å². The average Bonchev–Trinajstić information content (AvgIpc) is 2.88. The Morgan fingerprint density at radius 1 is 0.730 bits per heavy atom. The number of phosphoric ester groups is 2. The second-order valence-electron chi connectivity index (χ2n) is 7.19. The van der Waals surface area contributed by atoms with E-state index in [4.69, 9.17) is 4.74 Å². The van der Waals surface area contributed by atoms with E-state index in [1.807, 2.05) is 0 Å². The van der Waals surface area contributed by atoms with Gasteiger partial charge in [0.05, 0.1) is 24.9 Å². The predicted molar refractivity (Wildman–Crippen MR) is 113 cm³/mol. The van der Waals surface area contributed by atoms with Gasteiger partial charge >= 0.3 is 46.9 Å². The highest BCUT2D eigenvalue weighted by Crippen LogP contribution is 2.75. The van der Waals surface area contributed by atoms with Gasteiger partial charge in [0.25, 0.3) is 0 Å². The monoisotopic (exact) mass is 667 g/mol. The summed E-state index contributed by atoms with van der Waals surface area (Å²) in [7, 11) is -35.8. The lowest BCUT2D eigenvalue weighted by molar-refractivity contribution is -0.0167. The van der Waals surface area contributed by atoms with Gasteiger partial charge in [0.2, 0.25) is 0 Å². The molecule has 8 N–H and O–H groups in total. The van der Waals surface area contributed by atoms with E-state index in [0.717, 1.165) is 0 Å². The fourth-order valence-corrected chi connectivity index (χ4v) is 10.5. The van der Waals surface area contributed by atoms with Crippen molar-refractivity contribution in [3.63, 3.8) is 0 Å². The first-order valence-electron chi connectivity index (χ1n) is 9.40. The molecule has 7 unspecified atom stereocenters. The van der Waals surface area contributed by atoms with Crippen LogP contribution in [-0.4, -0.2) is 78.6 Å². The van der Waals surface area contributed by atoms with E-state index in [2.05, 4.69) is 35.9 Å². The van der Waals surface area contributed by atoms with Gasteiger partial charge in [-0.15, -0.1) is 0 Å². The van der Waals surface area contributed by atoms with Crippen molar-refractivity contribution in [3.8, 4) is 0 Å². The summed E-state index contributed by atoms with van der Waals surface area (Å²) in [6.07, 6.45) is -3.55. The van der Waals surface area contributed by atoms with Crippen molar-refractivity contribution in [2.24, 2.45) is 0 Å². The van der Waals surface area contributed by atoms with E-state index in [0.29, 0.717) is 0 Å². The van der Waals surface area contributed by atoms with Crippen LogP contribution >= 0.6 is 46.9 Å². The van der Waals surface area contributed by atoms with Crippen LogP contribution in [-0.2, 0) is 62.7 Å². The lowest BCUT2D eigenvalue weighted by Gasteiger charge is -2.28. The minimum atomic E-state index is -6.32. The van der Waals surface area contributed by atoms with Crippen LogP contribution in [0.25, 0.3) is 0 Å². The van der Waals surface area contributed by atoms with Crippen LogP contribution in [0.4, 0.5) is 0 Å². The zero-order valence-corrected chi connectivity index (χ0v) is 23.5. The van der Waals surface area contributed by atoms with Crippen molar-refractivity contribution in [3.05, 3.63) is 0 Å². The van der Waals surface area contributed by atoms with Crippen molar-refractivity contribution < 1.29 is 97.2 Å². The van der Waals surface area contributed by atoms with Crippen molar-refractivity contribution in [1.29, 1.82) is 0 Å². The molecule has 0 radical (unpaired) electrons. The number of phosphoric acid groups is 6. The smallest absolute Gasteiger partial charge is 0.390 e. The molecule has 220 valence electrons. The summed E-state index contributed by atoms with van der Waals surface area (Å²) < 4.78 is 102. The minimum absolute atomic E-state index is 0.0434. The molecule has 0 aromatic heterocycles. The van der Waals surface area contributed by atoms with Crippen LogP contribution in [0.2, 0.25) is 0 Å². The highest BCUT2D eigenvalue weighted by atomic mass is 31.3. The number of rotatable bonds is 15. The van der Waals surface area contributed by atoms with Gasteiger partial charge in [-0.3, -0.25) is 9.05 Å². The second kappa shape index (κ2) is 12.3. The second-order valence-corrected chi connectivity index (χ2v) is 16.5. The number of hydrogen-bond donors (Lipinski definition) is 8. The van der Waals surface area contributed by atoms with Gasteiger partial charge in [0.15, 0.2) is 0 Å². The number of nitrogens with one attached hydrogen (secondary N) is 1. The van der Waals surface area contributed by atoms with Gasteiger partial charge in [0, 0.05) is 19.5 Å². The third kappa shape index (κ3) is 12.4. The van der Waals surface area contributed by atoms with Crippen LogP contribution in [0, 0.1) is 0 Å². The summed E-state index contributed by atoms with van der Waals surface area (Å²) >= 11 is 0. The molecule has 2 aliphatic rings. The van der Waals surface area contributed by atoms with Gasteiger partial charge in [-0.25, -0.2) is 27.4 Å². The fourth-order valence-electron chi connectivity index (χ4n) is 2.53. The quantitative estimate of drug-likeness (QED) is 0.108. The molecule has 0 aliphatic carbocycles. The molecule has 2 aliphatic heterocycles. The fraction of sp³-hybridized carbons (Fsp3) is 1.00. The van der Waals surface area contributed by atoms with Gasteiger partial charge in [0.1, 0.15) is 6.10 Å². The van der Waals surface area contributed by atoms with Crippen LogP contribution in [0.3, 0.4) is 0 Å². The summed E-state index contributed by atoms with van der Waals surface area (Å²) in [5.41, 5.74) is 0. The topological polar surface area (TPSA) is 330 Å². The molecule has 2 rings (SSSR count). The van der Waals surface area contributed by atoms with Gasteiger partial charge < -0.3 is 44.5 Å². The summed E-state index contributed by atoms with van der Waals surface area (Å²) in [6, 6.07) is 0. The van der Waals surface area contributed by atoms with Crippen LogP contribution in [0.1, 0.15) is 13.3 Å². The lowest BCUT2D eigenvalue weighted by atomic mass is 10.1. The largest absolute Gasteiger partial charge is 0.490 e. The molecule has 0 aromatic carbocycles. The van der Waals surface area contributed by atoms with Gasteiger partial charge in [-0.05, 0) is 6.92 Å². The predicted octanol–water partition coefficient (Wildman–Crippen LogP) is 0.215. The van der Waals surface area contributed by atoms with Gasteiger partial charge in [-0.2, -0.15) is 21.6 Å². The molecule has 0 saturated carbocycles. The Kier molecular flexibility index (Phi) is 11.3. The van der Waals surface area contributed by atoms with E-state index >= 15 is 0 Å². The third-order valence-corrected chi connectivity index (χ3v) is 13.2. The van der Waals surface area contributed by atoms with Crippen molar-refractivity contribution in [1.82, 2.24) is 5.32 Å².